The molecule has 136 valence electrons. The van der Waals surface area contributed by atoms with Crippen molar-refractivity contribution in [1.29, 1.82) is 0 Å². The van der Waals surface area contributed by atoms with Gasteiger partial charge in [0.05, 0.1) is 0 Å². The van der Waals surface area contributed by atoms with Crippen LogP contribution in [0.4, 0.5) is 8.78 Å². The third-order valence-corrected chi connectivity index (χ3v) is 5.83. The van der Waals surface area contributed by atoms with Crippen LogP contribution in [0.3, 0.4) is 0 Å². The molecule has 26 heavy (non-hydrogen) atoms. The van der Waals surface area contributed by atoms with E-state index >= 15 is 0 Å². The van der Waals surface area contributed by atoms with Gasteiger partial charge in [-0.2, -0.15) is 0 Å². The molecule has 2 aromatic rings. The van der Waals surface area contributed by atoms with Crippen molar-refractivity contribution in [1.82, 2.24) is 0 Å². The predicted octanol–water partition coefficient (Wildman–Crippen LogP) is 6.00. The number of Topliss-reactive ketones (excluding diaryl/α,β-unsaturated/α-hetero) is 1. The summed E-state index contributed by atoms with van der Waals surface area (Å²) >= 11 is 0. The third kappa shape index (κ3) is 4.20. The van der Waals surface area contributed by atoms with Crippen molar-refractivity contribution in [3.05, 3.63) is 71.3 Å². The zero-order valence-electron chi connectivity index (χ0n) is 14.8. The van der Waals surface area contributed by atoms with Crippen molar-refractivity contribution in [3.63, 3.8) is 0 Å². The number of hydrogen-bond donors (Lipinski definition) is 0. The van der Waals surface area contributed by atoms with E-state index in [0.717, 1.165) is 36.8 Å². The first-order valence-corrected chi connectivity index (χ1v) is 9.63. The Kier molecular flexibility index (Phi) is 4.88. The van der Waals surface area contributed by atoms with Gasteiger partial charge in [0.1, 0.15) is 17.4 Å². The maximum atomic E-state index is 13.6. The molecule has 0 saturated heterocycles. The summed E-state index contributed by atoms with van der Waals surface area (Å²) in [5, 5.41) is 0. The molecule has 2 atom stereocenters. The lowest BCUT2D eigenvalue weighted by Gasteiger charge is -2.20. The third-order valence-electron chi connectivity index (χ3n) is 5.83. The Labute approximate surface area is 153 Å². The number of carbonyl (C=O) groups is 1. The monoisotopic (exact) mass is 354 g/mol. The molecule has 0 amide bonds. The summed E-state index contributed by atoms with van der Waals surface area (Å²) in [6, 6.07) is 13.4. The fraction of sp³-hybridized carbons (Fsp3) is 0.435. The van der Waals surface area contributed by atoms with E-state index in [-0.39, 0.29) is 29.3 Å². The molecule has 0 radical (unpaired) electrons. The van der Waals surface area contributed by atoms with Crippen LogP contribution in [0, 0.1) is 23.5 Å². The molecule has 0 N–H and O–H groups in total. The van der Waals surface area contributed by atoms with Crippen LogP contribution in [0.15, 0.2) is 48.5 Å². The van der Waals surface area contributed by atoms with E-state index in [4.69, 9.17) is 0 Å². The first-order valence-electron chi connectivity index (χ1n) is 9.63. The van der Waals surface area contributed by atoms with Gasteiger partial charge in [0, 0.05) is 12.8 Å². The molecule has 0 bridgehead atoms. The predicted molar refractivity (Wildman–Crippen MR) is 98.0 cm³/mol. The van der Waals surface area contributed by atoms with Gasteiger partial charge in [0.15, 0.2) is 0 Å². The summed E-state index contributed by atoms with van der Waals surface area (Å²) in [5.74, 6) is 0.958. The Morgan fingerprint density at radius 1 is 0.808 bits per heavy atom. The second-order valence-corrected chi connectivity index (χ2v) is 7.94. The number of halogens is 2. The van der Waals surface area contributed by atoms with E-state index in [9.17, 15) is 13.6 Å². The first-order chi connectivity index (χ1) is 12.6. The lowest BCUT2D eigenvalue weighted by molar-refractivity contribution is -0.120. The van der Waals surface area contributed by atoms with Crippen LogP contribution < -0.4 is 0 Å². The molecule has 2 aromatic carbocycles. The zero-order chi connectivity index (χ0) is 18.1. The van der Waals surface area contributed by atoms with Crippen LogP contribution >= 0.6 is 0 Å². The fourth-order valence-corrected chi connectivity index (χ4v) is 4.16. The lowest BCUT2D eigenvalue weighted by atomic mass is 9.84. The van der Waals surface area contributed by atoms with Crippen LogP contribution in [0.25, 0.3) is 0 Å². The van der Waals surface area contributed by atoms with Gasteiger partial charge in [0.25, 0.3) is 0 Å². The van der Waals surface area contributed by atoms with Crippen LogP contribution in [0.5, 0.6) is 0 Å². The Hall–Kier alpha value is -2.03. The van der Waals surface area contributed by atoms with Crippen LogP contribution in [0.1, 0.15) is 61.5 Å². The van der Waals surface area contributed by atoms with E-state index < -0.39 is 0 Å². The summed E-state index contributed by atoms with van der Waals surface area (Å²) < 4.78 is 27.2. The second kappa shape index (κ2) is 7.30. The Balaban J connectivity index is 1.47. The largest absolute Gasteiger partial charge is 0.300 e. The molecule has 0 spiro atoms. The first kappa shape index (κ1) is 17.4. The van der Waals surface area contributed by atoms with Crippen molar-refractivity contribution in [2.45, 2.75) is 50.4 Å². The van der Waals surface area contributed by atoms with E-state index in [1.807, 2.05) is 12.1 Å². The number of rotatable bonds is 8. The van der Waals surface area contributed by atoms with Crippen LogP contribution in [0.2, 0.25) is 0 Å². The molecular formula is C23H24F2O. The minimum atomic E-state index is -0.240. The van der Waals surface area contributed by atoms with Gasteiger partial charge < -0.3 is 0 Å². The summed E-state index contributed by atoms with van der Waals surface area (Å²) in [6.45, 7) is 0. The molecule has 3 heteroatoms. The average Bonchev–Trinajstić information content (AvgIpc) is 3.51. The van der Waals surface area contributed by atoms with Crippen molar-refractivity contribution < 1.29 is 13.6 Å². The van der Waals surface area contributed by atoms with E-state index in [1.165, 1.54) is 12.1 Å². The zero-order valence-corrected chi connectivity index (χ0v) is 14.8. The second-order valence-electron chi connectivity index (χ2n) is 7.94. The topological polar surface area (TPSA) is 17.1 Å². The van der Waals surface area contributed by atoms with E-state index in [1.54, 1.807) is 24.3 Å². The Morgan fingerprint density at radius 2 is 1.23 bits per heavy atom. The minimum absolute atomic E-state index is 0.116. The van der Waals surface area contributed by atoms with Crippen molar-refractivity contribution in [2.24, 2.45) is 11.8 Å². The molecule has 0 unspecified atom stereocenters. The van der Waals surface area contributed by atoms with Crippen molar-refractivity contribution >= 4 is 5.78 Å². The lowest BCUT2D eigenvalue weighted by Crippen LogP contribution is -2.14. The molecule has 2 fully saturated rings. The molecule has 0 aromatic heterocycles. The van der Waals surface area contributed by atoms with Gasteiger partial charge in [-0.3, -0.25) is 4.79 Å². The maximum Gasteiger partial charge on any atom is 0.134 e. The maximum absolute atomic E-state index is 13.6. The van der Waals surface area contributed by atoms with Gasteiger partial charge in [-0.1, -0.05) is 24.3 Å². The quantitative estimate of drug-likeness (QED) is 0.568. The molecule has 0 aliphatic heterocycles. The SMILES string of the molecule is O=C(C[C@H](c1cccc(F)c1)C1CC1)C[C@@H](c1cccc(F)c1)C1CC1. The molecule has 2 aliphatic carbocycles. The van der Waals surface area contributed by atoms with Crippen LogP contribution in [-0.2, 0) is 4.79 Å². The highest BCUT2D eigenvalue weighted by Crippen LogP contribution is 2.47. The molecule has 2 saturated carbocycles. The minimum Gasteiger partial charge on any atom is -0.300 e. The number of ketones is 1. The Bertz CT molecular complexity index is 727. The van der Waals surface area contributed by atoms with Gasteiger partial charge in [-0.15, -0.1) is 0 Å². The molecule has 4 rings (SSSR count). The molecule has 0 heterocycles. The smallest absolute Gasteiger partial charge is 0.134 e. The summed E-state index contributed by atoms with van der Waals surface area (Å²) in [5.41, 5.74) is 1.88. The Morgan fingerprint density at radius 3 is 1.58 bits per heavy atom. The highest BCUT2D eigenvalue weighted by atomic mass is 19.1. The van der Waals surface area contributed by atoms with Gasteiger partial charge in [0.2, 0.25) is 0 Å². The number of hydrogen-bond acceptors (Lipinski definition) is 1. The molecule has 1 nitrogen and oxygen atoms in total. The summed E-state index contributed by atoms with van der Waals surface area (Å²) in [4.78, 5) is 12.9. The van der Waals surface area contributed by atoms with Gasteiger partial charge >= 0.3 is 0 Å². The number of benzene rings is 2. The number of carbonyl (C=O) groups excluding carboxylic acids is 1. The van der Waals surface area contributed by atoms with Gasteiger partial charge in [-0.05, 0) is 84.7 Å². The molecule has 2 aliphatic rings. The summed E-state index contributed by atoms with van der Waals surface area (Å²) in [6.07, 6.45) is 5.39. The summed E-state index contributed by atoms with van der Waals surface area (Å²) in [7, 11) is 0. The molecular weight excluding hydrogens is 330 g/mol. The standard InChI is InChI=1S/C23H24F2O/c24-19-5-1-3-17(11-19)22(15-7-8-15)13-21(26)14-23(16-9-10-16)18-4-2-6-20(25)12-18/h1-6,11-12,15-16,22-23H,7-10,13-14H2/t22-,23+. The average molecular weight is 354 g/mol. The van der Waals surface area contributed by atoms with E-state index in [2.05, 4.69) is 0 Å². The van der Waals surface area contributed by atoms with Crippen molar-refractivity contribution in [2.75, 3.05) is 0 Å². The van der Waals surface area contributed by atoms with Crippen LogP contribution in [-0.4, -0.2) is 5.78 Å². The fourth-order valence-electron chi connectivity index (χ4n) is 4.16. The normalized spacial score (nSPS) is 19.2. The highest BCUT2D eigenvalue weighted by molar-refractivity contribution is 5.80. The highest BCUT2D eigenvalue weighted by Gasteiger charge is 2.37. The van der Waals surface area contributed by atoms with Crippen molar-refractivity contribution in [3.8, 4) is 0 Å². The van der Waals surface area contributed by atoms with E-state index in [0.29, 0.717) is 24.7 Å². The van der Waals surface area contributed by atoms with Gasteiger partial charge in [-0.25, -0.2) is 8.78 Å².